The van der Waals surface area contributed by atoms with Crippen LogP contribution in [0, 0.1) is 19.7 Å². The molecule has 1 fully saturated rings. The van der Waals surface area contributed by atoms with Crippen molar-refractivity contribution in [2.45, 2.75) is 58.0 Å². The number of benzene rings is 3. The highest BCUT2D eigenvalue weighted by Crippen LogP contribution is 2.32. The maximum atomic E-state index is 15.2. The summed E-state index contributed by atoms with van der Waals surface area (Å²) in [7, 11) is 1.49. The maximum absolute atomic E-state index is 15.2. The number of hydrogen-bond donors (Lipinski definition) is 1. The molecule has 37 heavy (non-hydrogen) atoms. The fourth-order valence-corrected chi connectivity index (χ4v) is 4.94. The summed E-state index contributed by atoms with van der Waals surface area (Å²) in [5.74, 6) is 0.00709. The number of hydrogen-bond acceptors (Lipinski definition) is 4. The molecule has 1 N–H and O–H groups in total. The van der Waals surface area contributed by atoms with Crippen LogP contribution in [-0.4, -0.2) is 42.3 Å². The molecule has 1 saturated heterocycles. The SMILES string of the molecule is COc1cccc(C(CCCOc2ccc(CN3CCC3C(=O)O)cc2)Cc2ccc(C)c(C)c2)c1F. The molecule has 0 aromatic heterocycles. The van der Waals surface area contributed by atoms with E-state index in [1.54, 1.807) is 6.07 Å². The van der Waals surface area contributed by atoms with Crippen molar-refractivity contribution in [3.63, 3.8) is 0 Å². The first kappa shape index (κ1) is 26.7. The van der Waals surface area contributed by atoms with Crippen LogP contribution in [0.15, 0.2) is 60.7 Å². The summed E-state index contributed by atoms with van der Waals surface area (Å²) in [5, 5.41) is 9.22. The first-order chi connectivity index (χ1) is 17.9. The molecule has 3 aromatic carbocycles. The average Bonchev–Trinajstić information content (AvgIpc) is 2.86. The number of aliphatic carboxylic acids is 1. The molecule has 2 unspecified atom stereocenters. The molecular weight excluding hydrogens is 469 g/mol. The Morgan fingerprint density at radius 3 is 2.49 bits per heavy atom. The predicted octanol–water partition coefficient (Wildman–Crippen LogP) is 6.30. The van der Waals surface area contributed by atoms with Crippen LogP contribution in [0.25, 0.3) is 0 Å². The van der Waals surface area contributed by atoms with E-state index >= 15 is 4.39 Å². The van der Waals surface area contributed by atoms with Gasteiger partial charge in [-0.1, -0.05) is 42.5 Å². The fraction of sp³-hybridized carbons (Fsp3) is 0.387. The Morgan fingerprint density at radius 2 is 1.84 bits per heavy atom. The third-order valence-electron chi connectivity index (χ3n) is 7.40. The Bertz CT molecular complexity index is 1210. The monoisotopic (exact) mass is 505 g/mol. The lowest BCUT2D eigenvalue weighted by Crippen LogP contribution is -2.51. The van der Waals surface area contributed by atoms with E-state index in [2.05, 4.69) is 32.0 Å². The Balaban J connectivity index is 1.35. The highest BCUT2D eigenvalue weighted by atomic mass is 19.1. The van der Waals surface area contributed by atoms with E-state index in [-0.39, 0.29) is 23.5 Å². The fourth-order valence-electron chi connectivity index (χ4n) is 4.94. The molecule has 5 nitrogen and oxygen atoms in total. The molecule has 0 aliphatic carbocycles. The molecule has 0 bridgehead atoms. The number of carboxylic acid groups (broad SMARTS) is 1. The summed E-state index contributed by atoms with van der Waals surface area (Å²) in [5.41, 5.74) is 5.42. The summed E-state index contributed by atoms with van der Waals surface area (Å²) in [4.78, 5) is 13.2. The minimum absolute atomic E-state index is 0.00175. The van der Waals surface area contributed by atoms with Crippen LogP contribution >= 0.6 is 0 Å². The van der Waals surface area contributed by atoms with Crippen LogP contribution in [0.1, 0.15) is 53.0 Å². The molecule has 196 valence electrons. The average molecular weight is 506 g/mol. The topological polar surface area (TPSA) is 59.0 Å². The maximum Gasteiger partial charge on any atom is 0.320 e. The zero-order valence-corrected chi connectivity index (χ0v) is 21.9. The van der Waals surface area contributed by atoms with Crippen molar-refractivity contribution < 1.29 is 23.8 Å². The number of halogens is 1. The van der Waals surface area contributed by atoms with Crippen molar-refractivity contribution in [1.29, 1.82) is 0 Å². The quantitative estimate of drug-likeness (QED) is 0.293. The van der Waals surface area contributed by atoms with Crippen molar-refractivity contribution in [3.8, 4) is 11.5 Å². The van der Waals surface area contributed by atoms with Gasteiger partial charge >= 0.3 is 5.97 Å². The van der Waals surface area contributed by atoms with Gasteiger partial charge in [0, 0.05) is 13.1 Å². The largest absolute Gasteiger partial charge is 0.494 e. The molecule has 2 atom stereocenters. The number of nitrogens with zero attached hydrogens (tertiary/aromatic N) is 1. The van der Waals surface area contributed by atoms with Gasteiger partial charge in [-0.3, -0.25) is 9.69 Å². The van der Waals surface area contributed by atoms with Gasteiger partial charge in [0.1, 0.15) is 11.8 Å². The van der Waals surface area contributed by atoms with Crippen molar-refractivity contribution >= 4 is 5.97 Å². The van der Waals surface area contributed by atoms with Crippen molar-refractivity contribution in [3.05, 3.63) is 94.3 Å². The van der Waals surface area contributed by atoms with Crippen molar-refractivity contribution in [1.82, 2.24) is 4.90 Å². The number of methoxy groups -OCH3 is 1. The van der Waals surface area contributed by atoms with E-state index in [9.17, 15) is 9.90 Å². The molecule has 0 saturated carbocycles. The molecule has 1 heterocycles. The smallest absolute Gasteiger partial charge is 0.320 e. The number of carboxylic acids is 1. The Morgan fingerprint density at radius 1 is 1.08 bits per heavy atom. The highest BCUT2D eigenvalue weighted by molar-refractivity contribution is 5.74. The van der Waals surface area contributed by atoms with E-state index in [4.69, 9.17) is 9.47 Å². The summed E-state index contributed by atoms with van der Waals surface area (Å²) in [6.07, 6.45) is 3.01. The van der Waals surface area contributed by atoms with Gasteiger partial charge in [-0.2, -0.15) is 0 Å². The van der Waals surface area contributed by atoms with Crippen LogP contribution in [0.3, 0.4) is 0 Å². The first-order valence-corrected chi connectivity index (χ1v) is 12.9. The zero-order valence-electron chi connectivity index (χ0n) is 21.9. The lowest BCUT2D eigenvalue weighted by molar-refractivity contribution is -0.148. The van der Waals surface area contributed by atoms with Crippen LogP contribution in [-0.2, 0) is 17.8 Å². The summed E-state index contributed by atoms with van der Waals surface area (Å²) < 4.78 is 26.4. The lowest BCUT2D eigenvalue weighted by atomic mass is 9.87. The Kier molecular flexibility index (Phi) is 8.82. The molecule has 1 aliphatic heterocycles. The summed E-state index contributed by atoms with van der Waals surface area (Å²) >= 11 is 0. The van der Waals surface area contributed by atoms with Gasteiger partial charge in [-0.15, -0.1) is 0 Å². The molecule has 4 rings (SSSR count). The third-order valence-corrected chi connectivity index (χ3v) is 7.40. The number of likely N-dealkylation sites (tertiary alicyclic amines) is 1. The van der Waals surface area contributed by atoms with Gasteiger partial charge < -0.3 is 14.6 Å². The van der Waals surface area contributed by atoms with Gasteiger partial charge in [-0.25, -0.2) is 4.39 Å². The van der Waals surface area contributed by atoms with Gasteiger partial charge in [-0.05, 0) is 91.5 Å². The van der Waals surface area contributed by atoms with Gasteiger partial charge in [0.25, 0.3) is 0 Å². The van der Waals surface area contributed by atoms with Crippen LogP contribution in [0.2, 0.25) is 0 Å². The first-order valence-electron chi connectivity index (χ1n) is 12.9. The molecular formula is C31H36FNO4. The van der Waals surface area contributed by atoms with Gasteiger partial charge in [0.05, 0.1) is 13.7 Å². The second kappa shape index (κ2) is 12.2. The lowest BCUT2D eigenvalue weighted by Gasteiger charge is -2.37. The standard InChI is InChI=1S/C31H36FNO4/c1-21-9-10-24(18-22(21)2)19-25(27-7-4-8-29(36-3)30(27)32)6-5-17-37-26-13-11-23(12-14-26)20-33-16-15-28(33)31(34)35/h4,7-14,18,25,28H,5-6,15-17,19-20H2,1-3H3,(H,34,35). The number of carbonyl (C=O) groups is 1. The van der Waals surface area contributed by atoms with E-state index in [0.29, 0.717) is 25.1 Å². The molecule has 0 spiro atoms. The Labute approximate surface area is 218 Å². The molecule has 3 aromatic rings. The van der Waals surface area contributed by atoms with Crippen molar-refractivity contribution in [2.75, 3.05) is 20.3 Å². The van der Waals surface area contributed by atoms with Crippen LogP contribution in [0.5, 0.6) is 11.5 Å². The normalized spacial score (nSPS) is 16.2. The van der Waals surface area contributed by atoms with Crippen molar-refractivity contribution in [2.24, 2.45) is 0 Å². The van der Waals surface area contributed by atoms with Gasteiger partial charge in [0.2, 0.25) is 0 Å². The second-order valence-electron chi connectivity index (χ2n) is 9.93. The number of ether oxygens (including phenoxy) is 2. The molecule has 6 heteroatoms. The van der Waals surface area contributed by atoms with E-state index < -0.39 is 5.97 Å². The summed E-state index contributed by atoms with van der Waals surface area (Å²) in [6.45, 7) is 6.17. The molecule has 0 radical (unpaired) electrons. The minimum atomic E-state index is -0.754. The van der Waals surface area contributed by atoms with Gasteiger partial charge in [0.15, 0.2) is 11.6 Å². The predicted molar refractivity (Wildman–Crippen MR) is 143 cm³/mol. The zero-order chi connectivity index (χ0) is 26.4. The highest BCUT2D eigenvalue weighted by Gasteiger charge is 2.33. The van der Waals surface area contributed by atoms with Crippen LogP contribution < -0.4 is 9.47 Å². The number of rotatable bonds is 12. The minimum Gasteiger partial charge on any atom is -0.494 e. The van der Waals surface area contributed by atoms with E-state index in [0.717, 1.165) is 37.1 Å². The van der Waals surface area contributed by atoms with E-state index in [1.165, 1.54) is 23.8 Å². The van der Waals surface area contributed by atoms with E-state index in [1.807, 2.05) is 41.3 Å². The summed E-state index contributed by atoms with van der Waals surface area (Å²) in [6, 6.07) is 19.3. The third kappa shape index (κ3) is 6.69. The number of aryl methyl sites for hydroxylation is 2. The van der Waals surface area contributed by atoms with Crippen LogP contribution in [0.4, 0.5) is 4.39 Å². The Hall–Kier alpha value is -3.38. The molecule has 0 amide bonds. The second-order valence-corrected chi connectivity index (χ2v) is 9.93. The molecule has 1 aliphatic rings.